The summed E-state index contributed by atoms with van der Waals surface area (Å²) in [5.74, 6) is 4.80. The lowest BCUT2D eigenvalue weighted by Gasteiger charge is -2.46. The molecule has 2 heteroatoms. The van der Waals surface area contributed by atoms with Crippen molar-refractivity contribution in [2.45, 2.75) is 57.5 Å². The smallest absolute Gasteiger partial charge is 0.133 e. The zero-order valence-electron chi connectivity index (χ0n) is 13.5. The number of hydrogen-bond donors (Lipinski definition) is 1. The van der Waals surface area contributed by atoms with E-state index >= 15 is 0 Å². The van der Waals surface area contributed by atoms with Crippen molar-refractivity contribution in [3.63, 3.8) is 0 Å². The van der Waals surface area contributed by atoms with E-state index in [2.05, 4.69) is 18.6 Å². The van der Waals surface area contributed by atoms with Gasteiger partial charge in [-0.1, -0.05) is 24.1 Å². The van der Waals surface area contributed by atoms with Crippen molar-refractivity contribution < 1.29 is 9.90 Å². The molecule has 2 nitrogen and oxygen atoms in total. The minimum Gasteiger partial charge on any atom is -0.377 e. The van der Waals surface area contributed by atoms with E-state index in [1.807, 2.05) is 0 Å². The molecule has 118 valence electrons. The van der Waals surface area contributed by atoms with Crippen LogP contribution in [0.4, 0.5) is 0 Å². The van der Waals surface area contributed by atoms with Gasteiger partial charge in [-0.25, -0.2) is 0 Å². The molecule has 3 rings (SSSR count). The number of Topliss-reactive ketones (excluding diaryl/α,β-unsaturated/α-hetero) is 1. The van der Waals surface area contributed by atoms with Crippen LogP contribution in [0.5, 0.6) is 0 Å². The number of carbonyl (C=O) groups is 1. The normalized spacial score (nSPS) is 42.6. The zero-order valence-corrected chi connectivity index (χ0v) is 13.5. The fraction of sp³-hybridized carbons (Fsp3) is 0.650. The van der Waals surface area contributed by atoms with Gasteiger partial charge in [0, 0.05) is 12.3 Å². The minimum absolute atomic E-state index is 0.207. The Hall–Kier alpha value is -1.33. The van der Waals surface area contributed by atoms with Gasteiger partial charge in [-0.3, -0.25) is 4.79 Å². The highest BCUT2D eigenvalue weighted by atomic mass is 16.3. The Morgan fingerprint density at radius 3 is 2.86 bits per heavy atom. The molecule has 22 heavy (non-hydrogen) atoms. The SMILES string of the molecule is C#CC1(O)CCC2C3CCC(=C)C(=CCC(C)=O)C3CCC21. The number of fused-ring (bicyclic) bond motifs is 3. The molecule has 1 N–H and O–H groups in total. The molecular formula is C20H26O2. The van der Waals surface area contributed by atoms with E-state index in [0.717, 1.165) is 38.5 Å². The number of allylic oxidation sites excluding steroid dienone is 3. The molecule has 0 radical (unpaired) electrons. The summed E-state index contributed by atoms with van der Waals surface area (Å²) in [5, 5.41) is 10.7. The van der Waals surface area contributed by atoms with Gasteiger partial charge in [-0.05, 0) is 68.8 Å². The third kappa shape index (κ3) is 2.46. The first-order chi connectivity index (χ1) is 10.5. The van der Waals surface area contributed by atoms with E-state index < -0.39 is 5.60 Å². The summed E-state index contributed by atoms with van der Waals surface area (Å²) in [4.78, 5) is 11.3. The van der Waals surface area contributed by atoms with Gasteiger partial charge in [-0.2, -0.15) is 0 Å². The van der Waals surface area contributed by atoms with Gasteiger partial charge >= 0.3 is 0 Å². The predicted molar refractivity (Wildman–Crippen MR) is 88.0 cm³/mol. The van der Waals surface area contributed by atoms with Crippen LogP contribution in [0.15, 0.2) is 23.8 Å². The first-order valence-corrected chi connectivity index (χ1v) is 8.54. The molecule has 0 aromatic heterocycles. The molecule has 0 aromatic rings. The Morgan fingerprint density at radius 1 is 1.41 bits per heavy atom. The Balaban J connectivity index is 1.85. The lowest BCUT2D eigenvalue weighted by Crippen LogP contribution is -2.42. The molecule has 0 saturated heterocycles. The molecule has 0 aliphatic heterocycles. The molecule has 0 bridgehead atoms. The summed E-state index contributed by atoms with van der Waals surface area (Å²) in [6.45, 7) is 5.87. The highest BCUT2D eigenvalue weighted by Crippen LogP contribution is 2.57. The third-order valence-electron chi connectivity index (χ3n) is 6.29. The van der Waals surface area contributed by atoms with Gasteiger partial charge in [-0.15, -0.1) is 6.42 Å². The maximum absolute atomic E-state index is 11.3. The van der Waals surface area contributed by atoms with Crippen LogP contribution in [-0.2, 0) is 4.79 Å². The summed E-state index contributed by atoms with van der Waals surface area (Å²) < 4.78 is 0. The van der Waals surface area contributed by atoms with Crippen molar-refractivity contribution in [3.8, 4) is 12.3 Å². The molecule has 0 spiro atoms. The highest BCUT2D eigenvalue weighted by Gasteiger charge is 2.53. The van der Waals surface area contributed by atoms with Crippen LogP contribution >= 0.6 is 0 Å². The Labute approximate surface area is 133 Å². The van der Waals surface area contributed by atoms with Gasteiger partial charge in [0.05, 0.1) is 0 Å². The average molecular weight is 298 g/mol. The summed E-state index contributed by atoms with van der Waals surface area (Å²) in [6.07, 6.45) is 14.3. The second kappa shape index (κ2) is 5.70. The van der Waals surface area contributed by atoms with Crippen molar-refractivity contribution in [1.82, 2.24) is 0 Å². The van der Waals surface area contributed by atoms with Crippen LogP contribution in [0.1, 0.15) is 51.9 Å². The number of hydrogen-bond acceptors (Lipinski definition) is 2. The largest absolute Gasteiger partial charge is 0.377 e. The molecule has 3 fully saturated rings. The van der Waals surface area contributed by atoms with E-state index in [9.17, 15) is 9.90 Å². The monoisotopic (exact) mass is 298 g/mol. The molecule has 3 saturated carbocycles. The average Bonchev–Trinajstić information content (AvgIpc) is 2.84. The lowest BCUT2D eigenvalue weighted by atomic mass is 9.58. The highest BCUT2D eigenvalue weighted by molar-refractivity contribution is 5.77. The van der Waals surface area contributed by atoms with Crippen molar-refractivity contribution in [3.05, 3.63) is 23.8 Å². The topological polar surface area (TPSA) is 37.3 Å². The first-order valence-electron chi connectivity index (χ1n) is 8.54. The molecular weight excluding hydrogens is 272 g/mol. The molecule has 3 aliphatic rings. The molecule has 3 aliphatic carbocycles. The summed E-state index contributed by atoms with van der Waals surface area (Å²) >= 11 is 0. The van der Waals surface area contributed by atoms with Crippen molar-refractivity contribution in [2.24, 2.45) is 23.7 Å². The summed E-state index contributed by atoms with van der Waals surface area (Å²) in [6, 6.07) is 0. The van der Waals surface area contributed by atoms with Crippen molar-refractivity contribution >= 4 is 5.78 Å². The standard InChI is InChI=1S/C20H26O2/c1-4-20(22)12-11-18-17-7-5-13(2)15(8-6-14(3)21)16(17)9-10-19(18)20/h1,8,16-19,22H,2,5-7,9-12H2,3H3. The van der Waals surface area contributed by atoms with Gasteiger partial charge in [0.15, 0.2) is 0 Å². The van der Waals surface area contributed by atoms with Crippen LogP contribution < -0.4 is 0 Å². The molecule has 0 amide bonds. The number of carbonyl (C=O) groups excluding carboxylic acids is 1. The zero-order chi connectivity index (χ0) is 15.9. The van der Waals surface area contributed by atoms with E-state index in [4.69, 9.17) is 6.42 Å². The molecule has 0 heterocycles. The molecule has 5 atom stereocenters. The van der Waals surface area contributed by atoms with E-state index in [-0.39, 0.29) is 11.7 Å². The lowest BCUT2D eigenvalue weighted by molar-refractivity contribution is -0.116. The molecule has 5 unspecified atom stereocenters. The van der Waals surface area contributed by atoms with Crippen LogP contribution in [0.25, 0.3) is 0 Å². The fourth-order valence-electron chi connectivity index (χ4n) is 5.24. The van der Waals surface area contributed by atoms with Gasteiger partial charge < -0.3 is 5.11 Å². The van der Waals surface area contributed by atoms with Crippen LogP contribution in [0, 0.1) is 36.0 Å². The third-order valence-corrected chi connectivity index (χ3v) is 6.29. The number of ketones is 1. The minimum atomic E-state index is -0.882. The Kier molecular flexibility index (Phi) is 4.03. The number of terminal acetylenes is 1. The van der Waals surface area contributed by atoms with E-state index in [1.165, 1.54) is 11.1 Å². The second-order valence-corrected chi connectivity index (χ2v) is 7.43. The molecule has 0 aromatic carbocycles. The van der Waals surface area contributed by atoms with Gasteiger partial charge in [0.2, 0.25) is 0 Å². The van der Waals surface area contributed by atoms with E-state index in [0.29, 0.717) is 24.2 Å². The van der Waals surface area contributed by atoms with Crippen molar-refractivity contribution in [2.75, 3.05) is 0 Å². The van der Waals surface area contributed by atoms with Gasteiger partial charge in [0.25, 0.3) is 0 Å². The fourth-order valence-corrected chi connectivity index (χ4v) is 5.24. The van der Waals surface area contributed by atoms with Crippen molar-refractivity contribution in [1.29, 1.82) is 0 Å². The maximum atomic E-state index is 11.3. The maximum Gasteiger partial charge on any atom is 0.133 e. The van der Waals surface area contributed by atoms with Crippen LogP contribution in [-0.4, -0.2) is 16.5 Å². The van der Waals surface area contributed by atoms with E-state index in [1.54, 1.807) is 6.92 Å². The van der Waals surface area contributed by atoms with Crippen LogP contribution in [0.2, 0.25) is 0 Å². The second-order valence-electron chi connectivity index (χ2n) is 7.43. The predicted octanol–water partition coefficient (Wildman–Crippen LogP) is 3.66. The van der Waals surface area contributed by atoms with Crippen LogP contribution in [0.3, 0.4) is 0 Å². The quantitative estimate of drug-likeness (QED) is 0.790. The first kappa shape index (κ1) is 15.6. The summed E-state index contributed by atoms with van der Waals surface area (Å²) in [5.41, 5.74) is 1.65. The Bertz CT molecular complexity index is 565. The number of rotatable bonds is 2. The number of aliphatic hydroxyl groups is 1. The summed E-state index contributed by atoms with van der Waals surface area (Å²) in [7, 11) is 0. The Morgan fingerprint density at radius 2 is 2.18 bits per heavy atom. The van der Waals surface area contributed by atoms with Gasteiger partial charge in [0.1, 0.15) is 11.4 Å².